The van der Waals surface area contributed by atoms with Crippen molar-refractivity contribution in [2.75, 3.05) is 11.9 Å². The second-order valence-corrected chi connectivity index (χ2v) is 5.97. The van der Waals surface area contributed by atoms with Crippen LogP contribution in [0.15, 0.2) is 45.2 Å². The average Bonchev–Trinajstić information content (AvgIpc) is 2.64. The molecule has 0 bridgehead atoms. The fraction of sp³-hybridized carbons (Fsp3) is 0.278. The fourth-order valence-electron chi connectivity index (χ4n) is 3.16. The average molecular weight is 353 g/mol. The van der Waals surface area contributed by atoms with Crippen molar-refractivity contribution in [2.24, 2.45) is 19.8 Å². The second kappa shape index (κ2) is 6.44. The zero-order chi connectivity index (χ0) is 19.0. The summed E-state index contributed by atoms with van der Waals surface area (Å²) in [5, 5.41) is 12.4. The Hall–Kier alpha value is -3.47. The number of hydrogen-bond donors (Lipinski definition) is 2. The summed E-state index contributed by atoms with van der Waals surface area (Å²) in [6, 6.07) is 9.22. The molecule has 0 fully saturated rings. The Kier molecular flexibility index (Phi) is 4.30. The maximum Gasteiger partial charge on any atom is 0.332 e. The van der Waals surface area contributed by atoms with Gasteiger partial charge >= 0.3 is 5.69 Å². The van der Waals surface area contributed by atoms with Crippen molar-refractivity contribution < 1.29 is 4.74 Å². The minimum Gasteiger partial charge on any atom is -0.494 e. The molecule has 3 N–H and O–H groups in total. The van der Waals surface area contributed by atoms with Crippen LogP contribution in [0.1, 0.15) is 24.0 Å². The largest absolute Gasteiger partial charge is 0.494 e. The molecule has 0 saturated carbocycles. The second-order valence-electron chi connectivity index (χ2n) is 5.97. The Morgan fingerprint density at radius 3 is 2.46 bits per heavy atom. The van der Waals surface area contributed by atoms with E-state index in [2.05, 4.69) is 11.4 Å². The molecule has 0 saturated heterocycles. The molecule has 0 radical (unpaired) electrons. The molecule has 2 aromatic rings. The number of allylic oxidation sites excluding steroid dienone is 1. The highest BCUT2D eigenvalue weighted by atomic mass is 16.5. The third kappa shape index (κ3) is 2.54. The number of nitrogens with zero attached hydrogens (tertiary/aromatic N) is 3. The van der Waals surface area contributed by atoms with Crippen molar-refractivity contribution in [2.45, 2.75) is 12.8 Å². The third-order valence-electron chi connectivity index (χ3n) is 4.46. The van der Waals surface area contributed by atoms with Gasteiger partial charge in [0.1, 0.15) is 17.4 Å². The molecule has 2 heterocycles. The molecule has 26 heavy (non-hydrogen) atoms. The molecule has 0 spiro atoms. The number of nitrogens with two attached hydrogens (primary N) is 1. The summed E-state index contributed by atoms with van der Waals surface area (Å²) < 4.78 is 7.79. The van der Waals surface area contributed by atoms with Crippen LogP contribution in [0.2, 0.25) is 0 Å². The molecule has 1 aliphatic rings. The van der Waals surface area contributed by atoms with Crippen molar-refractivity contribution in [1.82, 2.24) is 9.13 Å². The lowest BCUT2D eigenvalue weighted by atomic mass is 9.84. The molecular weight excluding hydrogens is 334 g/mol. The van der Waals surface area contributed by atoms with Gasteiger partial charge in [0, 0.05) is 14.1 Å². The monoisotopic (exact) mass is 353 g/mol. The van der Waals surface area contributed by atoms with E-state index in [1.54, 1.807) is 31.3 Å². The van der Waals surface area contributed by atoms with Gasteiger partial charge in [-0.25, -0.2) is 4.79 Å². The van der Waals surface area contributed by atoms with Crippen LogP contribution in [0.4, 0.5) is 5.82 Å². The van der Waals surface area contributed by atoms with Gasteiger partial charge in [0.25, 0.3) is 5.56 Å². The molecule has 134 valence electrons. The van der Waals surface area contributed by atoms with Gasteiger partial charge in [0.15, 0.2) is 0 Å². The Bertz CT molecular complexity index is 1050. The molecule has 1 aromatic heterocycles. The minimum atomic E-state index is -0.669. The smallest absolute Gasteiger partial charge is 0.332 e. The van der Waals surface area contributed by atoms with E-state index < -0.39 is 17.2 Å². The fourth-order valence-corrected chi connectivity index (χ4v) is 3.16. The molecular formula is C18H19N5O3. The van der Waals surface area contributed by atoms with Gasteiger partial charge in [-0.15, -0.1) is 0 Å². The molecule has 1 atom stereocenters. The zero-order valence-electron chi connectivity index (χ0n) is 14.7. The number of hydrogen-bond acceptors (Lipinski definition) is 6. The van der Waals surface area contributed by atoms with Crippen LogP contribution < -0.4 is 27.0 Å². The summed E-state index contributed by atoms with van der Waals surface area (Å²) >= 11 is 0. The van der Waals surface area contributed by atoms with E-state index >= 15 is 0 Å². The van der Waals surface area contributed by atoms with E-state index in [4.69, 9.17) is 10.5 Å². The van der Waals surface area contributed by atoms with E-state index in [0.717, 1.165) is 4.57 Å². The first kappa shape index (κ1) is 17.4. The number of ether oxygens (including phenoxy) is 1. The van der Waals surface area contributed by atoms with Crippen molar-refractivity contribution in [1.29, 1.82) is 5.26 Å². The van der Waals surface area contributed by atoms with Crippen LogP contribution in [0.5, 0.6) is 5.75 Å². The van der Waals surface area contributed by atoms with Gasteiger partial charge in [0.2, 0.25) is 0 Å². The van der Waals surface area contributed by atoms with Crippen LogP contribution >= 0.6 is 0 Å². The summed E-state index contributed by atoms with van der Waals surface area (Å²) in [5.41, 5.74) is 6.34. The Labute approximate surface area is 149 Å². The first-order chi connectivity index (χ1) is 12.4. The van der Waals surface area contributed by atoms with Gasteiger partial charge in [0.05, 0.1) is 29.7 Å². The van der Waals surface area contributed by atoms with Crippen LogP contribution in [0, 0.1) is 11.3 Å². The number of fused-ring (bicyclic) bond motifs is 1. The van der Waals surface area contributed by atoms with Gasteiger partial charge in [-0.1, -0.05) is 12.1 Å². The highest BCUT2D eigenvalue weighted by Crippen LogP contribution is 2.38. The normalized spacial score (nSPS) is 15.8. The Balaban J connectivity index is 2.29. The zero-order valence-corrected chi connectivity index (χ0v) is 14.7. The third-order valence-corrected chi connectivity index (χ3v) is 4.46. The van der Waals surface area contributed by atoms with Crippen molar-refractivity contribution in [3.05, 3.63) is 67.6 Å². The standard InChI is InChI=1S/C18H19N5O3/c1-4-26-11-7-5-10(6-8-11)13-12(9-19)15(20)21-16-14(13)17(24)23(3)18(25)22(16)2/h5-8,13,21H,4,20H2,1-3H3/t13-/m1/s1. The number of rotatable bonds is 3. The van der Waals surface area contributed by atoms with Gasteiger partial charge in [-0.05, 0) is 24.6 Å². The van der Waals surface area contributed by atoms with Crippen LogP contribution in [-0.2, 0) is 14.1 Å². The van der Waals surface area contributed by atoms with E-state index in [0.29, 0.717) is 29.3 Å². The lowest BCUT2D eigenvalue weighted by molar-refractivity contribution is 0.340. The van der Waals surface area contributed by atoms with E-state index in [-0.39, 0.29) is 11.4 Å². The van der Waals surface area contributed by atoms with Gasteiger partial charge < -0.3 is 15.8 Å². The predicted octanol–water partition coefficient (Wildman–Crippen LogP) is 0.734. The van der Waals surface area contributed by atoms with Crippen LogP contribution in [-0.4, -0.2) is 15.7 Å². The van der Waals surface area contributed by atoms with Crippen LogP contribution in [0.25, 0.3) is 0 Å². The molecule has 3 rings (SSSR count). The number of anilines is 1. The van der Waals surface area contributed by atoms with E-state index in [1.165, 1.54) is 11.6 Å². The highest BCUT2D eigenvalue weighted by Gasteiger charge is 2.34. The topological polar surface area (TPSA) is 115 Å². The molecule has 8 nitrogen and oxygen atoms in total. The molecule has 8 heteroatoms. The summed E-state index contributed by atoms with van der Waals surface area (Å²) in [5.74, 6) is 0.447. The summed E-state index contributed by atoms with van der Waals surface area (Å²) in [6.07, 6.45) is 0. The van der Waals surface area contributed by atoms with Crippen molar-refractivity contribution in [3.8, 4) is 11.8 Å². The SMILES string of the molecule is CCOc1ccc([C@@H]2C(C#N)=C(N)Nc3c2c(=O)n(C)c(=O)n3C)cc1. The molecule has 0 aliphatic carbocycles. The minimum absolute atomic E-state index is 0.127. The van der Waals surface area contributed by atoms with Gasteiger partial charge in [-0.2, -0.15) is 5.26 Å². The lowest BCUT2D eigenvalue weighted by Crippen LogP contribution is -2.43. The number of nitriles is 1. The molecule has 1 aliphatic heterocycles. The van der Waals surface area contributed by atoms with Gasteiger partial charge in [-0.3, -0.25) is 13.9 Å². The number of aromatic nitrogens is 2. The van der Waals surface area contributed by atoms with E-state index in [1.807, 2.05) is 6.92 Å². The maximum atomic E-state index is 12.8. The number of benzene rings is 1. The van der Waals surface area contributed by atoms with E-state index in [9.17, 15) is 14.9 Å². The summed E-state index contributed by atoms with van der Waals surface area (Å²) in [6.45, 7) is 2.42. The van der Waals surface area contributed by atoms with Crippen LogP contribution in [0.3, 0.4) is 0 Å². The first-order valence-corrected chi connectivity index (χ1v) is 8.10. The predicted molar refractivity (Wildman–Crippen MR) is 96.8 cm³/mol. The Morgan fingerprint density at radius 2 is 1.88 bits per heavy atom. The highest BCUT2D eigenvalue weighted by molar-refractivity contribution is 5.64. The lowest BCUT2D eigenvalue weighted by Gasteiger charge is -2.28. The quantitative estimate of drug-likeness (QED) is 0.841. The Morgan fingerprint density at radius 1 is 1.23 bits per heavy atom. The number of nitrogens with one attached hydrogen (secondary N) is 1. The van der Waals surface area contributed by atoms with Crippen molar-refractivity contribution in [3.63, 3.8) is 0 Å². The molecule has 1 aromatic carbocycles. The molecule has 0 amide bonds. The maximum absolute atomic E-state index is 12.8. The summed E-state index contributed by atoms with van der Waals surface area (Å²) in [4.78, 5) is 25.0. The first-order valence-electron chi connectivity index (χ1n) is 8.10. The van der Waals surface area contributed by atoms with Crippen molar-refractivity contribution >= 4 is 5.82 Å². The molecule has 0 unspecified atom stereocenters. The summed E-state index contributed by atoms with van der Waals surface area (Å²) in [7, 11) is 2.96.